The number of hydrogen-bond donors (Lipinski definition) is 2. The van der Waals surface area contributed by atoms with E-state index >= 15 is 0 Å². The Hall–Kier alpha value is -3.10. The van der Waals surface area contributed by atoms with Gasteiger partial charge in [-0.1, -0.05) is 36.4 Å². The lowest BCUT2D eigenvalue weighted by atomic mass is 9.96. The van der Waals surface area contributed by atoms with Crippen molar-refractivity contribution in [1.82, 2.24) is 10.2 Å². The minimum Gasteiger partial charge on any atom is -0.508 e. The van der Waals surface area contributed by atoms with Crippen LogP contribution < -0.4 is 10.1 Å². The van der Waals surface area contributed by atoms with E-state index in [1.165, 1.54) is 18.2 Å². The standard InChI is InChI=1S/C24H22F4N2O2/c25-18-7-5-16(6-8-18)22-14-29-11-12-30(22)15-17-3-1-2-4-20(17)21-13-19(31)9-10-23(21)32-24(26,27)28/h1-10,13,22,29,31H,11-12,14-15H2. The average Bonchev–Trinajstić information content (AvgIpc) is 2.76. The molecule has 1 unspecified atom stereocenters. The Morgan fingerprint density at radius 3 is 2.50 bits per heavy atom. The molecule has 0 amide bonds. The Morgan fingerprint density at radius 1 is 1.00 bits per heavy atom. The smallest absolute Gasteiger partial charge is 0.508 e. The summed E-state index contributed by atoms with van der Waals surface area (Å²) in [7, 11) is 0. The SMILES string of the molecule is Oc1ccc(OC(F)(F)F)c(-c2ccccc2CN2CCNCC2c2ccc(F)cc2)c1. The van der Waals surface area contributed by atoms with E-state index < -0.39 is 6.36 Å². The second kappa shape index (κ2) is 9.18. The van der Waals surface area contributed by atoms with Crippen molar-refractivity contribution in [1.29, 1.82) is 0 Å². The first-order chi connectivity index (χ1) is 15.3. The number of phenolic OH excluding ortho intramolecular Hbond substituents is 1. The molecule has 1 aliphatic rings. The fourth-order valence-corrected chi connectivity index (χ4v) is 4.03. The van der Waals surface area contributed by atoms with Gasteiger partial charge in [-0.3, -0.25) is 4.90 Å². The lowest BCUT2D eigenvalue weighted by molar-refractivity contribution is -0.274. The summed E-state index contributed by atoms with van der Waals surface area (Å²) in [5.74, 6) is -0.843. The molecule has 0 saturated carbocycles. The van der Waals surface area contributed by atoms with Gasteiger partial charge in [-0.05, 0) is 47.0 Å². The van der Waals surface area contributed by atoms with E-state index in [-0.39, 0.29) is 28.9 Å². The molecule has 8 heteroatoms. The summed E-state index contributed by atoms with van der Waals surface area (Å²) in [5.41, 5.74) is 2.44. The van der Waals surface area contributed by atoms with E-state index in [0.29, 0.717) is 25.2 Å². The Morgan fingerprint density at radius 2 is 1.75 bits per heavy atom. The van der Waals surface area contributed by atoms with Crippen LogP contribution in [0.2, 0.25) is 0 Å². The Balaban J connectivity index is 1.68. The van der Waals surface area contributed by atoms with E-state index in [2.05, 4.69) is 15.0 Å². The van der Waals surface area contributed by atoms with E-state index in [1.54, 1.807) is 24.3 Å². The van der Waals surface area contributed by atoms with Crippen LogP contribution in [-0.2, 0) is 6.54 Å². The van der Waals surface area contributed by atoms with Gasteiger partial charge in [-0.25, -0.2) is 4.39 Å². The summed E-state index contributed by atoms with van der Waals surface area (Å²) >= 11 is 0. The molecule has 0 aliphatic carbocycles. The summed E-state index contributed by atoms with van der Waals surface area (Å²) < 4.78 is 56.5. The van der Waals surface area contributed by atoms with E-state index in [0.717, 1.165) is 29.8 Å². The highest BCUT2D eigenvalue weighted by Gasteiger charge is 2.33. The number of ether oxygens (including phenoxy) is 1. The van der Waals surface area contributed by atoms with Crippen molar-refractivity contribution < 1.29 is 27.4 Å². The number of phenols is 1. The highest BCUT2D eigenvalue weighted by atomic mass is 19.4. The molecular weight excluding hydrogens is 424 g/mol. The number of nitrogens with one attached hydrogen (secondary N) is 1. The minimum absolute atomic E-state index is 0.0209. The summed E-state index contributed by atoms with van der Waals surface area (Å²) in [6.07, 6.45) is -4.85. The zero-order chi connectivity index (χ0) is 22.7. The zero-order valence-corrected chi connectivity index (χ0v) is 17.1. The van der Waals surface area contributed by atoms with E-state index in [1.807, 2.05) is 12.1 Å². The number of halogens is 4. The Labute approximate surface area is 183 Å². The third-order valence-corrected chi connectivity index (χ3v) is 5.48. The predicted octanol–water partition coefficient (Wildman–Crippen LogP) is 5.24. The maximum Gasteiger partial charge on any atom is 0.573 e. The molecule has 4 nitrogen and oxygen atoms in total. The quantitative estimate of drug-likeness (QED) is 0.526. The molecule has 0 aromatic heterocycles. The number of aromatic hydroxyl groups is 1. The van der Waals surface area contributed by atoms with Gasteiger partial charge in [0.15, 0.2) is 0 Å². The van der Waals surface area contributed by atoms with Crippen LogP contribution in [0.25, 0.3) is 11.1 Å². The van der Waals surface area contributed by atoms with Crippen LogP contribution in [0.15, 0.2) is 66.7 Å². The molecule has 32 heavy (non-hydrogen) atoms. The van der Waals surface area contributed by atoms with Crippen molar-refractivity contribution in [2.45, 2.75) is 18.9 Å². The van der Waals surface area contributed by atoms with Gasteiger partial charge in [0.25, 0.3) is 0 Å². The van der Waals surface area contributed by atoms with Crippen molar-refractivity contribution in [2.24, 2.45) is 0 Å². The summed E-state index contributed by atoms with van der Waals surface area (Å²) in [4.78, 5) is 2.20. The van der Waals surface area contributed by atoms with Crippen LogP contribution in [0.1, 0.15) is 17.2 Å². The van der Waals surface area contributed by atoms with E-state index in [9.17, 15) is 22.7 Å². The first kappa shape index (κ1) is 22.1. The fourth-order valence-electron chi connectivity index (χ4n) is 4.03. The Bertz CT molecular complexity index is 1070. The van der Waals surface area contributed by atoms with E-state index in [4.69, 9.17) is 0 Å². The molecule has 1 aliphatic heterocycles. The molecule has 1 heterocycles. The molecule has 1 saturated heterocycles. The number of rotatable bonds is 5. The molecule has 1 fully saturated rings. The number of hydrogen-bond acceptors (Lipinski definition) is 4. The van der Waals surface area contributed by atoms with Gasteiger partial charge < -0.3 is 15.2 Å². The topological polar surface area (TPSA) is 44.7 Å². The number of benzene rings is 3. The number of nitrogens with zero attached hydrogens (tertiary/aromatic N) is 1. The maximum absolute atomic E-state index is 13.4. The summed E-state index contributed by atoms with van der Waals surface area (Å²) in [6, 6.07) is 17.0. The van der Waals surface area contributed by atoms with Crippen molar-refractivity contribution in [2.75, 3.05) is 19.6 Å². The molecule has 4 rings (SSSR count). The van der Waals surface area contributed by atoms with Gasteiger partial charge in [-0.15, -0.1) is 13.2 Å². The molecule has 168 valence electrons. The molecular formula is C24H22F4N2O2. The van der Waals surface area contributed by atoms with Crippen LogP contribution in [-0.4, -0.2) is 36.0 Å². The summed E-state index contributed by atoms with van der Waals surface area (Å²) in [6.45, 7) is 2.60. The van der Waals surface area contributed by atoms with Crippen molar-refractivity contribution >= 4 is 0 Å². The third-order valence-electron chi connectivity index (χ3n) is 5.48. The van der Waals surface area contributed by atoms with Crippen molar-refractivity contribution in [3.05, 3.63) is 83.7 Å². The van der Waals surface area contributed by atoms with Gasteiger partial charge in [0, 0.05) is 37.8 Å². The second-order valence-electron chi connectivity index (χ2n) is 7.63. The predicted molar refractivity (Wildman–Crippen MR) is 113 cm³/mol. The maximum atomic E-state index is 13.4. The van der Waals surface area contributed by atoms with Crippen molar-refractivity contribution in [3.63, 3.8) is 0 Å². The highest BCUT2D eigenvalue weighted by molar-refractivity contribution is 5.74. The van der Waals surface area contributed by atoms with Gasteiger partial charge in [0.1, 0.15) is 17.3 Å². The summed E-state index contributed by atoms with van der Waals surface area (Å²) in [5, 5.41) is 13.3. The fraction of sp³-hybridized carbons (Fsp3) is 0.250. The number of piperazine rings is 1. The normalized spacial score (nSPS) is 17.3. The van der Waals surface area contributed by atoms with Crippen molar-refractivity contribution in [3.8, 4) is 22.6 Å². The van der Waals surface area contributed by atoms with Crippen LogP contribution in [0.3, 0.4) is 0 Å². The van der Waals surface area contributed by atoms with Crippen LogP contribution in [0, 0.1) is 5.82 Å². The lowest BCUT2D eigenvalue weighted by Crippen LogP contribution is -2.45. The third kappa shape index (κ3) is 5.20. The van der Waals surface area contributed by atoms with Gasteiger partial charge >= 0.3 is 6.36 Å². The first-order valence-corrected chi connectivity index (χ1v) is 10.2. The molecule has 0 spiro atoms. The van der Waals surface area contributed by atoms with Gasteiger partial charge in [-0.2, -0.15) is 0 Å². The van der Waals surface area contributed by atoms with Crippen LogP contribution >= 0.6 is 0 Å². The van der Waals surface area contributed by atoms with Gasteiger partial charge in [0.2, 0.25) is 0 Å². The molecule has 1 atom stereocenters. The average molecular weight is 446 g/mol. The molecule has 2 N–H and O–H groups in total. The molecule has 0 radical (unpaired) electrons. The van der Waals surface area contributed by atoms with Crippen LogP contribution in [0.5, 0.6) is 11.5 Å². The Kier molecular flexibility index (Phi) is 6.34. The lowest BCUT2D eigenvalue weighted by Gasteiger charge is -2.37. The molecule has 3 aromatic carbocycles. The largest absolute Gasteiger partial charge is 0.573 e. The number of alkyl halides is 3. The second-order valence-corrected chi connectivity index (χ2v) is 7.63. The molecule has 3 aromatic rings. The van der Waals surface area contributed by atoms with Crippen LogP contribution in [0.4, 0.5) is 17.6 Å². The minimum atomic E-state index is -4.85. The monoisotopic (exact) mass is 446 g/mol. The molecule has 0 bridgehead atoms. The highest BCUT2D eigenvalue weighted by Crippen LogP contribution is 2.38. The van der Waals surface area contributed by atoms with Gasteiger partial charge in [0.05, 0.1) is 0 Å². The first-order valence-electron chi connectivity index (χ1n) is 10.2. The zero-order valence-electron chi connectivity index (χ0n) is 17.1.